The molecule has 1 atom stereocenters. The molecule has 1 saturated heterocycles. The molecular weight excluding hydrogens is 344 g/mol. The van der Waals surface area contributed by atoms with Gasteiger partial charge >= 0.3 is 0 Å². The molecule has 2 heterocycles. The second-order valence-electron chi connectivity index (χ2n) is 6.43. The molecule has 7 nitrogen and oxygen atoms in total. The molecular formula is C20H20N4O3. The highest BCUT2D eigenvalue weighted by molar-refractivity contribution is 5.96. The van der Waals surface area contributed by atoms with Crippen molar-refractivity contribution in [3.8, 4) is 23.1 Å². The first-order valence-electron chi connectivity index (χ1n) is 8.67. The zero-order valence-corrected chi connectivity index (χ0v) is 15.0. The molecule has 7 heteroatoms. The number of benzene rings is 1. The van der Waals surface area contributed by atoms with Gasteiger partial charge in [-0.1, -0.05) is 12.1 Å². The molecule has 0 spiro atoms. The van der Waals surface area contributed by atoms with Crippen LogP contribution in [0.2, 0.25) is 0 Å². The summed E-state index contributed by atoms with van der Waals surface area (Å²) in [6.07, 6.45) is 3.02. The Morgan fingerprint density at radius 3 is 2.89 bits per heavy atom. The average molecular weight is 364 g/mol. The van der Waals surface area contributed by atoms with E-state index in [1.54, 1.807) is 35.4 Å². The van der Waals surface area contributed by atoms with Gasteiger partial charge in [0, 0.05) is 30.4 Å². The van der Waals surface area contributed by atoms with Crippen LogP contribution in [0, 0.1) is 17.2 Å². The van der Waals surface area contributed by atoms with Crippen molar-refractivity contribution >= 4 is 11.8 Å². The van der Waals surface area contributed by atoms with Gasteiger partial charge < -0.3 is 15.4 Å². The Hall–Kier alpha value is -3.40. The van der Waals surface area contributed by atoms with Crippen LogP contribution in [0.3, 0.4) is 0 Å². The van der Waals surface area contributed by atoms with Crippen LogP contribution in [-0.4, -0.2) is 41.9 Å². The predicted molar refractivity (Wildman–Crippen MR) is 98.8 cm³/mol. The molecule has 138 valence electrons. The van der Waals surface area contributed by atoms with E-state index < -0.39 is 0 Å². The number of ether oxygens (including phenoxy) is 1. The van der Waals surface area contributed by atoms with Gasteiger partial charge in [0.05, 0.1) is 13.0 Å². The minimum absolute atomic E-state index is 0.151. The third-order valence-corrected chi connectivity index (χ3v) is 4.75. The summed E-state index contributed by atoms with van der Waals surface area (Å²) in [7, 11) is 1.46. The summed E-state index contributed by atoms with van der Waals surface area (Å²) < 4.78 is 5.15. The lowest BCUT2D eigenvalue weighted by molar-refractivity contribution is -0.123. The monoisotopic (exact) mass is 364 g/mol. The van der Waals surface area contributed by atoms with E-state index in [-0.39, 0.29) is 23.6 Å². The molecule has 1 aliphatic heterocycles. The van der Waals surface area contributed by atoms with Gasteiger partial charge in [0.1, 0.15) is 11.6 Å². The summed E-state index contributed by atoms with van der Waals surface area (Å²) in [5.41, 5.74) is 7.59. The van der Waals surface area contributed by atoms with Crippen LogP contribution in [0.25, 0.3) is 11.1 Å². The summed E-state index contributed by atoms with van der Waals surface area (Å²) in [6.45, 7) is 0.935. The number of nitrogens with two attached hydrogens (primary N) is 1. The van der Waals surface area contributed by atoms with E-state index in [2.05, 4.69) is 11.1 Å². The van der Waals surface area contributed by atoms with E-state index >= 15 is 0 Å². The number of rotatable bonds is 4. The molecule has 1 aromatic carbocycles. The third kappa shape index (κ3) is 3.75. The van der Waals surface area contributed by atoms with Gasteiger partial charge in [-0.05, 0) is 36.6 Å². The van der Waals surface area contributed by atoms with Crippen molar-refractivity contribution in [2.24, 2.45) is 11.7 Å². The first-order valence-corrected chi connectivity index (χ1v) is 8.67. The number of nitrogens with zero attached hydrogens (tertiary/aromatic N) is 3. The number of nitriles is 1. The highest BCUT2D eigenvalue weighted by Crippen LogP contribution is 2.29. The topological polar surface area (TPSA) is 109 Å². The Balaban J connectivity index is 1.92. The molecule has 1 aliphatic rings. The summed E-state index contributed by atoms with van der Waals surface area (Å²) in [5, 5.41) is 9.47. The molecule has 27 heavy (non-hydrogen) atoms. The van der Waals surface area contributed by atoms with Crippen LogP contribution in [-0.2, 0) is 4.79 Å². The van der Waals surface area contributed by atoms with E-state index in [9.17, 15) is 14.9 Å². The van der Waals surface area contributed by atoms with Crippen LogP contribution in [0.5, 0.6) is 5.88 Å². The first-order chi connectivity index (χ1) is 13.0. The lowest BCUT2D eigenvalue weighted by Gasteiger charge is -2.31. The second-order valence-corrected chi connectivity index (χ2v) is 6.43. The zero-order valence-electron chi connectivity index (χ0n) is 15.0. The van der Waals surface area contributed by atoms with E-state index in [1.807, 2.05) is 6.07 Å². The lowest BCUT2D eigenvalue weighted by atomic mass is 9.96. The largest absolute Gasteiger partial charge is 0.480 e. The third-order valence-electron chi connectivity index (χ3n) is 4.75. The fourth-order valence-corrected chi connectivity index (χ4v) is 3.34. The standard InChI is InChI=1S/C20H20N4O3/c1-27-19-17(11-21)16(7-8-23-19)13-4-2-5-14(10-13)20(26)24-9-3-6-15(12-24)18(22)25/h2,4-5,7-8,10,15H,3,6,9,12H2,1H3,(H2,22,25)/t15-/m1/s1. The number of hydrogen-bond donors (Lipinski definition) is 1. The van der Waals surface area contributed by atoms with Gasteiger partial charge in [-0.2, -0.15) is 5.26 Å². The van der Waals surface area contributed by atoms with Crippen molar-refractivity contribution in [1.82, 2.24) is 9.88 Å². The molecule has 2 amide bonds. The van der Waals surface area contributed by atoms with Crippen LogP contribution in [0.1, 0.15) is 28.8 Å². The van der Waals surface area contributed by atoms with Gasteiger partial charge in [0.2, 0.25) is 11.8 Å². The van der Waals surface area contributed by atoms with Crippen molar-refractivity contribution < 1.29 is 14.3 Å². The normalized spacial score (nSPS) is 16.4. The fraction of sp³-hybridized carbons (Fsp3) is 0.300. The maximum absolute atomic E-state index is 12.9. The van der Waals surface area contributed by atoms with Crippen LogP contribution >= 0.6 is 0 Å². The summed E-state index contributed by atoms with van der Waals surface area (Å²) in [4.78, 5) is 30.1. The number of carbonyl (C=O) groups excluding carboxylic acids is 2. The van der Waals surface area contributed by atoms with Crippen molar-refractivity contribution in [1.29, 1.82) is 5.26 Å². The number of hydrogen-bond acceptors (Lipinski definition) is 5. The molecule has 1 aromatic heterocycles. The highest BCUT2D eigenvalue weighted by Gasteiger charge is 2.27. The SMILES string of the molecule is COc1nccc(-c2cccc(C(=O)N3CCC[C@@H](C(N)=O)C3)c2)c1C#N. The average Bonchev–Trinajstić information content (AvgIpc) is 2.72. The Morgan fingerprint density at radius 2 is 2.19 bits per heavy atom. The fourth-order valence-electron chi connectivity index (χ4n) is 3.34. The number of pyridine rings is 1. The molecule has 3 rings (SSSR count). The van der Waals surface area contributed by atoms with Crippen LogP contribution < -0.4 is 10.5 Å². The quantitative estimate of drug-likeness (QED) is 0.892. The van der Waals surface area contributed by atoms with Gasteiger partial charge in [0.25, 0.3) is 5.91 Å². The summed E-state index contributed by atoms with van der Waals surface area (Å²) >= 11 is 0. The van der Waals surface area contributed by atoms with Gasteiger partial charge in [0.15, 0.2) is 0 Å². The van der Waals surface area contributed by atoms with Crippen LogP contribution in [0.15, 0.2) is 36.5 Å². The van der Waals surface area contributed by atoms with Crippen LogP contribution in [0.4, 0.5) is 0 Å². The highest BCUT2D eigenvalue weighted by atomic mass is 16.5. The van der Waals surface area contributed by atoms with Crippen molar-refractivity contribution in [2.75, 3.05) is 20.2 Å². The van der Waals surface area contributed by atoms with E-state index in [0.717, 1.165) is 12.0 Å². The number of primary amides is 1. The molecule has 0 bridgehead atoms. The summed E-state index contributed by atoms with van der Waals surface area (Å²) in [6, 6.07) is 10.9. The minimum atomic E-state index is -0.371. The zero-order chi connectivity index (χ0) is 19.4. The number of methoxy groups -OCH3 is 1. The Labute approximate surface area is 157 Å². The maximum Gasteiger partial charge on any atom is 0.253 e. The van der Waals surface area contributed by atoms with Crippen molar-refractivity contribution in [3.05, 3.63) is 47.7 Å². The number of aromatic nitrogens is 1. The molecule has 1 fully saturated rings. The predicted octanol–water partition coefficient (Wildman–Crippen LogP) is 1.97. The van der Waals surface area contributed by atoms with Gasteiger partial charge in [-0.25, -0.2) is 4.98 Å². The molecule has 0 unspecified atom stereocenters. The van der Waals surface area contributed by atoms with Gasteiger partial charge in [-0.3, -0.25) is 9.59 Å². The minimum Gasteiger partial charge on any atom is -0.480 e. The maximum atomic E-state index is 12.9. The summed E-state index contributed by atoms with van der Waals surface area (Å²) in [5.74, 6) is -0.585. The smallest absolute Gasteiger partial charge is 0.253 e. The molecule has 0 radical (unpaired) electrons. The van der Waals surface area contributed by atoms with Gasteiger partial charge in [-0.15, -0.1) is 0 Å². The second kappa shape index (κ2) is 7.87. The Bertz CT molecular complexity index is 920. The lowest BCUT2D eigenvalue weighted by Crippen LogP contribution is -2.44. The van der Waals surface area contributed by atoms with E-state index in [4.69, 9.17) is 10.5 Å². The van der Waals surface area contributed by atoms with Crippen molar-refractivity contribution in [2.45, 2.75) is 12.8 Å². The Morgan fingerprint density at radius 1 is 1.37 bits per heavy atom. The molecule has 0 aliphatic carbocycles. The molecule has 2 N–H and O–H groups in total. The molecule has 0 saturated carbocycles. The molecule has 2 aromatic rings. The van der Waals surface area contributed by atoms with E-state index in [1.165, 1.54) is 7.11 Å². The van der Waals surface area contributed by atoms with Crippen molar-refractivity contribution in [3.63, 3.8) is 0 Å². The Kier molecular flexibility index (Phi) is 5.36. The number of piperidine rings is 1. The first kappa shape index (κ1) is 18.4. The number of amides is 2. The number of likely N-dealkylation sites (tertiary alicyclic amines) is 1. The number of carbonyl (C=O) groups is 2. The van der Waals surface area contributed by atoms with E-state index in [0.29, 0.717) is 36.2 Å².